The molecule has 0 amide bonds. The minimum Gasteiger partial charge on any atom is -0.490 e. The molecule has 0 saturated heterocycles. The first-order chi connectivity index (χ1) is 20.7. The molecule has 6 rings (SSSR count). The number of hydrogen-bond acceptors (Lipinski definition) is 5. The zero-order chi connectivity index (χ0) is 30.2. The molecule has 0 spiro atoms. The van der Waals surface area contributed by atoms with Gasteiger partial charge in [-0.15, -0.1) is 0 Å². The summed E-state index contributed by atoms with van der Waals surface area (Å²) in [4.78, 5) is 24.9. The molecule has 43 heavy (non-hydrogen) atoms. The van der Waals surface area contributed by atoms with Gasteiger partial charge in [0.15, 0.2) is 0 Å². The van der Waals surface area contributed by atoms with E-state index in [0.29, 0.717) is 47.5 Å². The van der Waals surface area contributed by atoms with Crippen LogP contribution >= 0.6 is 0 Å². The molecule has 2 aromatic carbocycles. The number of benzene rings is 2. The van der Waals surface area contributed by atoms with Gasteiger partial charge in [0.05, 0.1) is 12.7 Å². The summed E-state index contributed by atoms with van der Waals surface area (Å²) in [5, 5.41) is 0. The lowest BCUT2D eigenvalue weighted by molar-refractivity contribution is -0.168. The maximum atomic E-state index is 12.9. The lowest BCUT2D eigenvalue weighted by atomic mass is 9.43. The summed E-state index contributed by atoms with van der Waals surface area (Å²) in [6.07, 6.45) is 10.5. The molecule has 5 nitrogen and oxygen atoms in total. The SMILES string of the molecule is COC(=O)CC[C@H](C)[C@H]1CC[C@H]2[C@@H]3CC[C@H]4C[C@@H](OC(=O)c5ccccc5)CC[C@]4(C)[C@H]3C[C@H](Oc3ccccc3)[C@]12C. The number of carbonyl (C=O) groups excluding carboxylic acids is 2. The van der Waals surface area contributed by atoms with Gasteiger partial charge < -0.3 is 14.2 Å². The van der Waals surface area contributed by atoms with Crippen molar-refractivity contribution in [3.63, 3.8) is 0 Å². The monoisotopic (exact) mass is 586 g/mol. The molecule has 2 aromatic rings. The third-order valence-corrected chi connectivity index (χ3v) is 12.8. The van der Waals surface area contributed by atoms with Gasteiger partial charge in [-0.25, -0.2) is 4.79 Å². The minimum atomic E-state index is -0.189. The van der Waals surface area contributed by atoms with E-state index in [0.717, 1.165) is 37.9 Å². The number of carbonyl (C=O) groups is 2. The van der Waals surface area contributed by atoms with Gasteiger partial charge in [-0.1, -0.05) is 57.2 Å². The highest BCUT2D eigenvalue weighted by molar-refractivity contribution is 5.89. The fourth-order valence-corrected chi connectivity index (χ4v) is 10.5. The zero-order valence-electron chi connectivity index (χ0n) is 26.5. The number of methoxy groups -OCH3 is 1. The largest absolute Gasteiger partial charge is 0.490 e. The van der Waals surface area contributed by atoms with Gasteiger partial charge in [0.1, 0.15) is 18.0 Å². The van der Waals surface area contributed by atoms with Crippen LogP contribution in [0.2, 0.25) is 0 Å². The van der Waals surface area contributed by atoms with Crippen molar-refractivity contribution in [3.8, 4) is 5.75 Å². The molecule has 0 unspecified atom stereocenters. The molecule has 0 aliphatic heterocycles. The minimum absolute atomic E-state index is 0.000857. The summed E-state index contributed by atoms with van der Waals surface area (Å²) in [5.74, 6) is 4.12. The molecule has 10 atom stereocenters. The van der Waals surface area contributed by atoms with Crippen LogP contribution in [0.1, 0.15) is 95.3 Å². The van der Waals surface area contributed by atoms with E-state index < -0.39 is 0 Å². The standard InChI is InChI=1S/C38H50O5/c1-25(15-20-35(39)41-4)31-18-19-32-30-17-16-27-23-29(43-36(40)26-11-7-5-8-12-26)21-22-37(27,2)33(30)24-34(38(31,32)3)42-28-13-9-6-10-14-28/h5-14,25,27,29-34H,15-24H2,1-4H3/t25-,27-,29-,30-,31+,32-,33-,34-,37-,38+/m0/s1. The fraction of sp³-hybridized carbons (Fsp3) is 0.632. The summed E-state index contributed by atoms with van der Waals surface area (Å²) in [5.41, 5.74) is 0.939. The van der Waals surface area contributed by atoms with Crippen LogP contribution in [0.15, 0.2) is 60.7 Å². The van der Waals surface area contributed by atoms with Crippen LogP contribution < -0.4 is 4.74 Å². The van der Waals surface area contributed by atoms with Crippen molar-refractivity contribution < 1.29 is 23.8 Å². The van der Waals surface area contributed by atoms with E-state index >= 15 is 0 Å². The van der Waals surface area contributed by atoms with Gasteiger partial charge in [0, 0.05) is 11.8 Å². The van der Waals surface area contributed by atoms with Crippen molar-refractivity contribution in [1.29, 1.82) is 0 Å². The maximum Gasteiger partial charge on any atom is 0.338 e. The Balaban J connectivity index is 1.23. The van der Waals surface area contributed by atoms with Crippen LogP contribution in [0.3, 0.4) is 0 Å². The highest BCUT2D eigenvalue weighted by Crippen LogP contribution is 2.69. The highest BCUT2D eigenvalue weighted by atomic mass is 16.5. The number of hydrogen-bond donors (Lipinski definition) is 0. The van der Waals surface area contributed by atoms with Gasteiger partial charge in [0.2, 0.25) is 0 Å². The molecule has 0 aromatic heterocycles. The molecule has 5 heteroatoms. The maximum absolute atomic E-state index is 12.9. The van der Waals surface area contributed by atoms with E-state index in [4.69, 9.17) is 14.2 Å². The van der Waals surface area contributed by atoms with E-state index in [1.807, 2.05) is 30.3 Å². The second kappa shape index (κ2) is 12.3. The fourth-order valence-electron chi connectivity index (χ4n) is 10.5. The Bertz CT molecular complexity index is 1260. The molecule has 4 saturated carbocycles. The van der Waals surface area contributed by atoms with Crippen LogP contribution in [0.5, 0.6) is 5.75 Å². The number of ether oxygens (including phenoxy) is 3. The smallest absolute Gasteiger partial charge is 0.338 e. The summed E-state index contributed by atoms with van der Waals surface area (Å²) in [7, 11) is 1.49. The van der Waals surface area contributed by atoms with Gasteiger partial charge in [-0.2, -0.15) is 0 Å². The topological polar surface area (TPSA) is 61.8 Å². The van der Waals surface area contributed by atoms with Crippen molar-refractivity contribution in [2.45, 2.75) is 97.2 Å². The molecule has 4 aliphatic rings. The predicted octanol–water partition coefficient (Wildman–Crippen LogP) is 8.52. The first kappa shape index (κ1) is 30.2. The van der Waals surface area contributed by atoms with E-state index in [-0.39, 0.29) is 35.0 Å². The molecule has 0 N–H and O–H groups in total. The van der Waals surface area contributed by atoms with Crippen LogP contribution in [-0.4, -0.2) is 31.3 Å². The number of rotatable bonds is 8. The molecule has 0 radical (unpaired) electrons. The predicted molar refractivity (Wildman–Crippen MR) is 168 cm³/mol. The van der Waals surface area contributed by atoms with Crippen LogP contribution in [0, 0.1) is 46.3 Å². The molecule has 4 aliphatic carbocycles. The van der Waals surface area contributed by atoms with Crippen LogP contribution in [-0.2, 0) is 14.3 Å². The first-order valence-electron chi connectivity index (χ1n) is 16.8. The Morgan fingerprint density at radius 1 is 0.884 bits per heavy atom. The zero-order valence-corrected chi connectivity index (χ0v) is 26.5. The number of fused-ring (bicyclic) bond motifs is 5. The van der Waals surface area contributed by atoms with E-state index in [9.17, 15) is 9.59 Å². The second-order valence-corrected chi connectivity index (χ2v) is 14.6. The van der Waals surface area contributed by atoms with Crippen molar-refractivity contribution in [3.05, 3.63) is 66.2 Å². The number of esters is 2. The number of para-hydroxylation sites is 1. The quantitative estimate of drug-likeness (QED) is 0.290. The van der Waals surface area contributed by atoms with Crippen molar-refractivity contribution in [1.82, 2.24) is 0 Å². The Labute approximate surface area is 258 Å². The molecule has 232 valence electrons. The third kappa shape index (κ3) is 5.62. The Kier molecular flexibility index (Phi) is 8.63. The summed E-state index contributed by atoms with van der Waals surface area (Å²) in [6, 6.07) is 19.8. The van der Waals surface area contributed by atoms with E-state index in [1.54, 1.807) is 0 Å². The average Bonchev–Trinajstić information content (AvgIpc) is 3.39. The highest BCUT2D eigenvalue weighted by Gasteiger charge is 2.65. The lowest BCUT2D eigenvalue weighted by Gasteiger charge is -2.63. The van der Waals surface area contributed by atoms with Crippen LogP contribution in [0.4, 0.5) is 0 Å². The molecule has 0 bridgehead atoms. The van der Waals surface area contributed by atoms with Gasteiger partial charge in [-0.05, 0) is 123 Å². The molecule has 4 fully saturated rings. The van der Waals surface area contributed by atoms with Gasteiger partial charge in [0.25, 0.3) is 0 Å². The lowest BCUT2D eigenvalue weighted by Crippen LogP contribution is -2.60. The van der Waals surface area contributed by atoms with Crippen molar-refractivity contribution >= 4 is 11.9 Å². The van der Waals surface area contributed by atoms with E-state index in [2.05, 4.69) is 51.1 Å². The van der Waals surface area contributed by atoms with E-state index in [1.165, 1.54) is 32.8 Å². The Morgan fingerprint density at radius 2 is 1.60 bits per heavy atom. The first-order valence-corrected chi connectivity index (χ1v) is 16.8. The summed E-state index contributed by atoms with van der Waals surface area (Å²) < 4.78 is 18.1. The summed E-state index contributed by atoms with van der Waals surface area (Å²) in [6.45, 7) is 7.43. The molecular weight excluding hydrogens is 536 g/mol. The average molecular weight is 587 g/mol. The van der Waals surface area contributed by atoms with Crippen LogP contribution in [0.25, 0.3) is 0 Å². The summed E-state index contributed by atoms with van der Waals surface area (Å²) >= 11 is 0. The third-order valence-electron chi connectivity index (χ3n) is 12.8. The Hall–Kier alpha value is -2.82. The van der Waals surface area contributed by atoms with Gasteiger partial charge >= 0.3 is 11.9 Å². The van der Waals surface area contributed by atoms with Crippen molar-refractivity contribution in [2.24, 2.45) is 46.3 Å². The van der Waals surface area contributed by atoms with Crippen molar-refractivity contribution in [2.75, 3.05) is 7.11 Å². The molecule has 0 heterocycles. The Morgan fingerprint density at radius 3 is 2.33 bits per heavy atom. The normalized spacial score (nSPS) is 37.3. The van der Waals surface area contributed by atoms with Gasteiger partial charge in [-0.3, -0.25) is 4.79 Å². The molecular formula is C38H50O5. The second-order valence-electron chi connectivity index (χ2n) is 14.6.